The molecule has 1 aromatic heterocycles. The van der Waals surface area contributed by atoms with Crippen LogP contribution in [0.5, 0.6) is 0 Å². The third kappa shape index (κ3) is 3.33. The molecule has 0 radical (unpaired) electrons. The van der Waals surface area contributed by atoms with Crippen LogP contribution in [0.3, 0.4) is 0 Å². The highest BCUT2D eigenvalue weighted by molar-refractivity contribution is 7.18. The lowest BCUT2D eigenvalue weighted by atomic mass is 10.1. The summed E-state index contributed by atoms with van der Waals surface area (Å²) in [6.07, 6.45) is 1.14. The van der Waals surface area contributed by atoms with E-state index in [0.29, 0.717) is 19.4 Å². The topological polar surface area (TPSA) is 42.0 Å². The minimum atomic E-state index is -0.574. The predicted octanol–water partition coefficient (Wildman–Crippen LogP) is 4.35. The molecule has 1 N–H and O–H groups in total. The molecule has 3 nitrogen and oxygen atoms in total. The number of rotatable bonds is 5. The Bertz CT molecular complexity index is 965. The fourth-order valence-corrected chi connectivity index (χ4v) is 4.23. The normalized spacial score (nSPS) is 18.9. The van der Waals surface area contributed by atoms with Crippen LogP contribution in [0.1, 0.15) is 28.5 Å². The summed E-state index contributed by atoms with van der Waals surface area (Å²) in [6.45, 7) is 2.50. The first-order chi connectivity index (χ1) is 12.5. The van der Waals surface area contributed by atoms with Crippen LogP contribution in [0, 0.1) is 24.5 Å². The first kappa shape index (κ1) is 17.1. The molecule has 0 saturated heterocycles. The number of aryl methyl sites for hydroxylation is 1. The van der Waals surface area contributed by atoms with E-state index >= 15 is 0 Å². The zero-order valence-electron chi connectivity index (χ0n) is 14.3. The van der Waals surface area contributed by atoms with Crippen molar-refractivity contribution in [2.24, 2.45) is 5.92 Å². The molecule has 2 atom stereocenters. The lowest BCUT2D eigenvalue weighted by molar-refractivity contribution is -0.122. The first-order valence-electron chi connectivity index (χ1n) is 8.60. The van der Waals surface area contributed by atoms with Crippen molar-refractivity contribution in [1.82, 2.24) is 10.3 Å². The average molecular weight is 372 g/mol. The molecule has 6 heteroatoms. The number of carbonyl (C=O) groups is 1. The first-order valence-corrected chi connectivity index (χ1v) is 9.42. The van der Waals surface area contributed by atoms with E-state index in [9.17, 15) is 13.6 Å². The summed E-state index contributed by atoms with van der Waals surface area (Å²) in [7, 11) is 0. The number of amides is 1. The zero-order valence-corrected chi connectivity index (χ0v) is 15.1. The SMILES string of the molecule is Cc1ccc2sc(CCNC(=O)[C@@H]3C[C@H]3c3c(F)cccc3F)nc2c1. The molecular weight excluding hydrogens is 354 g/mol. The van der Waals surface area contributed by atoms with E-state index in [-0.39, 0.29) is 23.3 Å². The molecule has 1 fully saturated rings. The third-order valence-electron chi connectivity index (χ3n) is 4.72. The number of hydrogen-bond acceptors (Lipinski definition) is 3. The van der Waals surface area contributed by atoms with Crippen molar-refractivity contribution in [2.45, 2.75) is 25.7 Å². The summed E-state index contributed by atoms with van der Waals surface area (Å²) in [5.74, 6) is -2.00. The largest absolute Gasteiger partial charge is 0.355 e. The lowest BCUT2D eigenvalue weighted by Gasteiger charge is -2.05. The Labute approximate surface area is 154 Å². The summed E-state index contributed by atoms with van der Waals surface area (Å²) in [5, 5.41) is 3.84. The van der Waals surface area contributed by atoms with Crippen LogP contribution in [0.2, 0.25) is 0 Å². The highest BCUT2D eigenvalue weighted by Gasteiger charge is 2.46. The molecule has 0 aliphatic heterocycles. The van der Waals surface area contributed by atoms with Gasteiger partial charge in [-0.2, -0.15) is 0 Å². The van der Waals surface area contributed by atoms with Gasteiger partial charge < -0.3 is 5.32 Å². The van der Waals surface area contributed by atoms with Crippen molar-refractivity contribution in [3.8, 4) is 0 Å². The Kier molecular flexibility index (Phi) is 4.44. The molecule has 0 bridgehead atoms. The van der Waals surface area contributed by atoms with Gasteiger partial charge in [0.25, 0.3) is 0 Å². The summed E-state index contributed by atoms with van der Waals surface area (Å²) >= 11 is 1.62. The Morgan fingerprint density at radius 3 is 2.81 bits per heavy atom. The molecule has 1 saturated carbocycles. The van der Waals surface area contributed by atoms with E-state index in [1.54, 1.807) is 11.3 Å². The summed E-state index contributed by atoms with van der Waals surface area (Å²) in [5.41, 5.74) is 2.19. The molecule has 0 unspecified atom stereocenters. The van der Waals surface area contributed by atoms with Crippen LogP contribution in [0.15, 0.2) is 36.4 Å². The van der Waals surface area contributed by atoms with Crippen LogP contribution in [0.4, 0.5) is 8.78 Å². The predicted molar refractivity (Wildman–Crippen MR) is 98.3 cm³/mol. The van der Waals surface area contributed by atoms with Gasteiger partial charge in [0, 0.05) is 30.4 Å². The molecule has 1 aliphatic carbocycles. The molecular formula is C20H18F2N2OS. The Hall–Kier alpha value is -2.34. The van der Waals surface area contributed by atoms with Gasteiger partial charge >= 0.3 is 0 Å². The number of benzene rings is 2. The Morgan fingerprint density at radius 2 is 2.04 bits per heavy atom. The molecule has 1 aliphatic rings. The number of halogens is 2. The number of carbonyl (C=O) groups excluding carboxylic acids is 1. The van der Waals surface area contributed by atoms with E-state index in [1.807, 2.05) is 13.0 Å². The second kappa shape index (κ2) is 6.76. The Balaban J connectivity index is 1.33. The van der Waals surface area contributed by atoms with Crippen LogP contribution < -0.4 is 5.32 Å². The molecule has 4 rings (SSSR count). The van der Waals surface area contributed by atoms with Crippen molar-refractivity contribution in [3.05, 3.63) is 64.2 Å². The standard InChI is InChI=1S/C20H18F2N2OS/c1-11-5-6-17-16(9-11)24-18(26-17)7-8-23-20(25)13-10-12(13)19-14(21)3-2-4-15(19)22/h2-6,9,12-13H,7-8,10H2,1H3,(H,23,25)/t12-,13-/m1/s1. The van der Waals surface area contributed by atoms with Gasteiger partial charge in [-0.15, -0.1) is 11.3 Å². The molecule has 3 aromatic rings. The zero-order chi connectivity index (χ0) is 18.3. The quantitative estimate of drug-likeness (QED) is 0.724. The number of hydrogen-bond donors (Lipinski definition) is 1. The van der Waals surface area contributed by atoms with E-state index < -0.39 is 11.6 Å². The Morgan fingerprint density at radius 1 is 1.27 bits per heavy atom. The second-order valence-electron chi connectivity index (χ2n) is 6.70. The minimum Gasteiger partial charge on any atom is -0.355 e. The van der Waals surface area contributed by atoms with Gasteiger partial charge in [0.1, 0.15) is 11.6 Å². The third-order valence-corrected chi connectivity index (χ3v) is 5.82. The number of aromatic nitrogens is 1. The summed E-state index contributed by atoms with van der Waals surface area (Å²) in [6, 6.07) is 9.97. The minimum absolute atomic E-state index is 0.0363. The van der Waals surface area contributed by atoms with Crippen molar-refractivity contribution in [3.63, 3.8) is 0 Å². The molecule has 26 heavy (non-hydrogen) atoms. The van der Waals surface area contributed by atoms with Crippen LogP contribution >= 0.6 is 11.3 Å². The van der Waals surface area contributed by atoms with E-state index in [2.05, 4.69) is 22.4 Å². The maximum absolute atomic E-state index is 13.8. The van der Waals surface area contributed by atoms with Gasteiger partial charge in [-0.3, -0.25) is 4.79 Å². The molecule has 0 spiro atoms. The second-order valence-corrected chi connectivity index (χ2v) is 7.82. The lowest BCUT2D eigenvalue weighted by Crippen LogP contribution is -2.27. The van der Waals surface area contributed by atoms with Gasteiger partial charge in [-0.05, 0) is 43.2 Å². The maximum atomic E-state index is 13.8. The van der Waals surface area contributed by atoms with Crippen molar-refractivity contribution < 1.29 is 13.6 Å². The highest BCUT2D eigenvalue weighted by atomic mass is 32.1. The molecule has 1 amide bonds. The highest BCUT2D eigenvalue weighted by Crippen LogP contribution is 2.49. The van der Waals surface area contributed by atoms with Crippen molar-refractivity contribution >= 4 is 27.5 Å². The summed E-state index contributed by atoms with van der Waals surface area (Å²) < 4.78 is 28.7. The van der Waals surface area contributed by atoms with Gasteiger partial charge in [0.2, 0.25) is 5.91 Å². The van der Waals surface area contributed by atoms with Gasteiger partial charge in [0.15, 0.2) is 0 Å². The number of nitrogens with one attached hydrogen (secondary N) is 1. The van der Waals surface area contributed by atoms with Gasteiger partial charge in [-0.25, -0.2) is 13.8 Å². The fourth-order valence-electron chi connectivity index (χ4n) is 3.28. The molecule has 2 aromatic carbocycles. The molecule has 1 heterocycles. The van der Waals surface area contributed by atoms with Crippen LogP contribution in [-0.2, 0) is 11.2 Å². The van der Waals surface area contributed by atoms with Gasteiger partial charge in [0.05, 0.1) is 15.2 Å². The number of thiazole rings is 1. The van der Waals surface area contributed by atoms with Crippen molar-refractivity contribution in [1.29, 1.82) is 0 Å². The monoisotopic (exact) mass is 372 g/mol. The number of fused-ring (bicyclic) bond motifs is 1. The van der Waals surface area contributed by atoms with Crippen molar-refractivity contribution in [2.75, 3.05) is 6.54 Å². The van der Waals surface area contributed by atoms with E-state index in [1.165, 1.54) is 23.8 Å². The summed E-state index contributed by atoms with van der Waals surface area (Å²) in [4.78, 5) is 16.8. The number of nitrogens with zero attached hydrogens (tertiary/aromatic N) is 1. The van der Waals surface area contributed by atoms with Crippen LogP contribution in [0.25, 0.3) is 10.2 Å². The fraction of sp³-hybridized carbons (Fsp3) is 0.300. The van der Waals surface area contributed by atoms with E-state index in [0.717, 1.165) is 15.2 Å². The molecule has 134 valence electrons. The average Bonchev–Trinajstić information content (AvgIpc) is 3.27. The van der Waals surface area contributed by atoms with E-state index in [4.69, 9.17) is 0 Å². The van der Waals surface area contributed by atoms with Gasteiger partial charge in [-0.1, -0.05) is 12.1 Å². The smallest absolute Gasteiger partial charge is 0.223 e. The maximum Gasteiger partial charge on any atom is 0.223 e. The van der Waals surface area contributed by atoms with Crippen LogP contribution in [-0.4, -0.2) is 17.4 Å².